The van der Waals surface area contributed by atoms with E-state index in [0.29, 0.717) is 11.1 Å². The fourth-order valence-electron chi connectivity index (χ4n) is 2.38. The van der Waals surface area contributed by atoms with Gasteiger partial charge in [0.2, 0.25) is 5.91 Å². The summed E-state index contributed by atoms with van der Waals surface area (Å²) in [4.78, 5) is 14.4. The summed E-state index contributed by atoms with van der Waals surface area (Å²) < 4.78 is 4.99. The number of rotatable bonds is 6. The Morgan fingerprint density at radius 2 is 2.00 bits per heavy atom. The fourth-order valence-corrected chi connectivity index (χ4v) is 2.51. The average molecular weight is 333 g/mol. The number of carbonyl (C=O) groups excluding carboxylic acids is 1. The summed E-state index contributed by atoms with van der Waals surface area (Å²) in [5.74, 6) is -0.0446. The Hall–Kier alpha value is -0.810. The second-order valence-corrected chi connectivity index (χ2v) is 5.70. The molecule has 1 amide bonds. The van der Waals surface area contributed by atoms with Gasteiger partial charge < -0.3 is 15.4 Å². The molecule has 0 saturated heterocycles. The van der Waals surface area contributed by atoms with Gasteiger partial charge in [-0.3, -0.25) is 4.79 Å². The van der Waals surface area contributed by atoms with Crippen LogP contribution in [0.1, 0.15) is 31.4 Å². The molecule has 0 spiro atoms. The minimum atomic E-state index is -0.602. The van der Waals surface area contributed by atoms with E-state index in [1.54, 1.807) is 7.11 Å². The van der Waals surface area contributed by atoms with Crippen molar-refractivity contribution in [3.05, 3.63) is 34.9 Å². The Labute approximate surface area is 137 Å². The minimum Gasteiger partial charge on any atom is -0.383 e. The van der Waals surface area contributed by atoms with Crippen LogP contribution in [0.25, 0.3) is 0 Å². The number of methoxy groups -OCH3 is 1. The van der Waals surface area contributed by atoms with Gasteiger partial charge in [0.05, 0.1) is 12.6 Å². The van der Waals surface area contributed by atoms with Gasteiger partial charge in [-0.2, -0.15) is 0 Å². The molecule has 2 unspecified atom stereocenters. The van der Waals surface area contributed by atoms with E-state index in [1.807, 2.05) is 36.1 Å². The van der Waals surface area contributed by atoms with Crippen LogP contribution in [0.4, 0.5) is 0 Å². The molecule has 2 rings (SSSR count). The Kier molecular flexibility index (Phi) is 6.94. The van der Waals surface area contributed by atoms with Crippen LogP contribution in [0.3, 0.4) is 0 Å². The van der Waals surface area contributed by atoms with Gasteiger partial charge in [-0.1, -0.05) is 23.7 Å². The molecule has 21 heavy (non-hydrogen) atoms. The lowest BCUT2D eigenvalue weighted by Gasteiger charge is -2.32. The highest BCUT2D eigenvalue weighted by molar-refractivity contribution is 6.30. The second-order valence-electron chi connectivity index (χ2n) is 5.27. The number of carbonyl (C=O) groups is 1. The normalized spacial score (nSPS) is 16.8. The Morgan fingerprint density at radius 1 is 1.43 bits per heavy atom. The first-order valence-corrected chi connectivity index (χ1v) is 7.24. The van der Waals surface area contributed by atoms with Crippen LogP contribution in [-0.2, 0) is 9.53 Å². The van der Waals surface area contributed by atoms with Gasteiger partial charge in [0.15, 0.2) is 0 Å². The van der Waals surface area contributed by atoms with Crippen molar-refractivity contribution in [2.24, 2.45) is 5.73 Å². The zero-order chi connectivity index (χ0) is 14.7. The van der Waals surface area contributed by atoms with Crippen molar-refractivity contribution >= 4 is 29.9 Å². The molecule has 2 N–H and O–H groups in total. The lowest BCUT2D eigenvalue weighted by molar-refractivity contribution is -0.136. The van der Waals surface area contributed by atoms with Gasteiger partial charge in [-0.25, -0.2) is 0 Å². The van der Waals surface area contributed by atoms with E-state index >= 15 is 0 Å². The highest BCUT2D eigenvalue weighted by atomic mass is 35.5. The Balaban J connectivity index is 0.00000220. The van der Waals surface area contributed by atoms with E-state index < -0.39 is 6.04 Å². The molecular formula is C15H22Cl2N2O2. The zero-order valence-electron chi connectivity index (χ0n) is 12.3. The smallest absolute Gasteiger partial charge is 0.242 e. The highest BCUT2D eigenvalue weighted by Gasteiger charge is 2.38. The maximum atomic E-state index is 12.5. The molecule has 1 saturated carbocycles. The lowest BCUT2D eigenvalue weighted by atomic mass is 10.1. The van der Waals surface area contributed by atoms with Crippen molar-refractivity contribution in [2.75, 3.05) is 13.7 Å². The summed E-state index contributed by atoms with van der Waals surface area (Å²) >= 11 is 5.91. The molecule has 1 fully saturated rings. The van der Waals surface area contributed by atoms with Crippen LogP contribution in [0, 0.1) is 0 Å². The number of hydrogen-bond acceptors (Lipinski definition) is 3. The van der Waals surface area contributed by atoms with Gasteiger partial charge in [0.25, 0.3) is 0 Å². The molecule has 1 aliphatic rings. The molecule has 4 nitrogen and oxygen atoms in total. The topological polar surface area (TPSA) is 55.6 Å². The number of nitrogens with zero attached hydrogens (tertiary/aromatic N) is 1. The summed E-state index contributed by atoms with van der Waals surface area (Å²) in [6, 6.07) is 7.30. The molecule has 0 aliphatic heterocycles. The molecule has 0 heterocycles. The predicted molar refractivity (Wildman–Crippen MR) is 86.8 cm³/mol. The fraction of sp³-hybridized carbons (Fsp3) is 0.533. The van der Waals surface area contributed by atoms with Crippen LogP contribution in [0.2, 0.25) is 5.02 Å². The van der Waals surface area contributed by atoms with Crippen LogP contribution < -0.4 is 5.73 Å². The summed E-state index contributed by atoms with van der Waals surface area (Å²) in [6.07, 6.45) is 2.09. The molecule has 0 bridgehead atoms. The van der Waals surface area contributed by atoms with Crippen molar-refractivity contribution in [1.82, 2.24) is 4.90 Å². The predicted octanol–water partition coefficient (Wildman–Crippen LogP) is 2.79. The van der Waals surface area contributed by atoms with Gasteiger partial charge in [0.1, 0.15) is 6.04 Å². The first-order valence-electron chi connectivity index (χ1n) is 6.86. The van der Waals surface area contributed by atoms with E-state index in [9.17, 15) is 4.79 Å². The van der Waals surface area contributed by atoms with Crippen LogP contribution in [0.5, 0.6) is 0 Å². The lowest BCUT2D eigenvalue weighted by Crippen LogP contribution is -2.48. The molecule has 0 radical (unpaired) electrons. The van der Waals surface area contributed by atoms with Crippen LogP contribution >= 0.6 is 24.0 Å². The van der Waals surface area contributed by atoms with Gasteiger partial charge in [0, 0.05) is 18.2 Å². The standard InChI is InChI=1S/C15H21ClN2O2.ClH/c1-10(11-3-5-12(16)6-4-11)18(13-7-8-13)15(19)14(17)9-20-2;/h3-6,10,13-14H,7-9,17H2,1-2H3;1H. The summed E-state index contributed by atoms with van der Waals surface area (Å²) in [7, 11) is 1.55. The van der Waals surface area contributed by atoms with Crippen LogP contribution in [-0.4, -0.2) is 36.6 Å². The number of benzene rings is 1. The van der Waals surface area contributed by atoms with E-state index in [4.69, 9.17) is 22.1 Å². The van der Waals surface area contributed by atoms with Crippen molar-refractivity contribution in [3.63, 3.8) is 0 Å². The molecular weight excluding hydrogens is 311 g/mol. The van der Waals surface area contributed by atoms with Gasteiger partial charge in [-0.15, -0.1) is 12.4 Å². The van der Waals surface area contributed by atoms with Crippen molar-refractivity contribution in [2.45, 2.75) is 37.9 Å². The van der Waals surface area contributed by atoms with Crippen LogP contribution in [0.15, 0.2) is 24.3 Å². The third-order valence-corrected chi connectivity index (χ3v) is 3.88. The number of hydrogen-bond donors (Lipinski definition) is 1. The van der Waals surface area contributed by atoms with Crippen molar-refractivity contribution in [3.8, 4) is 0 Å². The summed E-state index contributed by atoms with van der Waals surface area (Å²) in [6.45, 7) is 2.27. The van der Waals surface area contributed by atoms with E-state index in [0.717, 1.165) is 18.4 Å². The number of nitrogens with two attached hydrogens (primary N) is 1. The third kappa shape index (κ3) is 4.58. The van der Waals surface area contributed by atoms with Gasteiger partial charge in [-0.05, 0) is 37.5 Å². The first-order chi connectivity index (χ1) is 9.54. The molecule has 1 aromatic carbocycles. The zero-order valence-corrected chi connectivity index (χ0v) is 13.9. The molecule has 0 aromatic heterocycles. The quantitative estimate of drug-likeness (QED) is 0.871. The average Bonchev–Trinajstić information content (AvgIpc) is 3.24. The molecule has 118 valence electrons. The third-order valence-electron chi connectivity index (χ3n) is 3.63. The Morgan fingerprint density at radius 3 is 2.48 bits per heavy atom. The highest BCUT2D eigenvalue weighted by Crippen LogP contribution is 2.35. The van der Waals surface area contributed by atoms with E-state index in [2.05, 4.69) is 0 Å². The maximum Gasteiger partial charge on any atom is 0.242 e. The largest absolute Gasteiger partial charge is 0.383 e. The molecule has 1 aliphatic carbocycles. The van der Waals surface area contributed by atoms with Crippen molar-refractivity contribution in [1.29, 1.82) is 0 Å². The summed E-state index contributed by atoms with van der Waals surface area (Å²) in [5, 5.41) is 0.696. The second kappa shape index (κ2) is 7.99. The SMILES string of the molecule is COCC(N)C(=O)N(C1CC1)C(C)c1ccc(Cl)cc1.Cl. The van der Waals surface area contributed by atoms with E-state index in [1.165, 1.54) is 0 Å². The monoisotopic (exact) mass is 332 g/mol. The molecule has 1 aromatic rings. The first kappa shape index (κ1) is 18.2. The molecule has 6 heteroatoms. The van der Waals surface area contributed by atoms with Gasteiger partial charge >= 0.3 is 0 Å². The van der Waals surface area contributed by atoms with E-state index in [-0.39, 0.29) is 31.0 Å². The number of halogens is 2. The summed E-state index contributed by atoms with van der Waals surface area (Å²) in [5.41, 5.74) is 6.97. The Bertz CT molecular complexity index is 463. The number of ether oxygens (including phenoxy) is 1. The minimum absolute atomic E-state index is 0. The molecule has 2 atom stereocenters. The van der Waals surface area contributed by atoms with Crippen molar-refractivity contribution < 1.29 is 9.53 Å². The maximum absolute atomic E-state index is 12.5. The number of amides is 1.